The Balaban J connectivity index is 1.79. The fraction of sp³-hybridized carbons (Fsp3) is 0.375. The lowest BCUT2D eigenvalue weighted by molar-refractivity contribution is 0.0520. The molecule has 6 nitrogen and oxygen atoms in total. The first-order chi connectivity index (χ1) is 18.3. The number of unbranched alkanes of at least 4 members (excludes halogenated alkanes) is 1. The van der Waals surface area contributed by atoms with Crippen LogP contribution in [0.1, 0.15) is 70.6 Å². The second kappa shape index (κ2) is 14.2. The largest absolute Gasteiger partial charge is 0.494 e. The molecule has 1 N–H and O–H groups in total. The number of alkyl carbamates (subject to hydrolysis) is 1. The monoisotopic (exact) mass is 516 g/mol. The second-order valence-electron chi connectivity index (χ2n) is 9.96. The molecule has 3 aromatic rings. The lowest BCUT2D eigenvalue weighted by Crippen LogP contribution is -2.34. The minimum Gasteiger partial charge on any atom is -0.494 e. The minimum atomic E-state index is -0.535. The molecule has 1 heterocycles. The Morgan fingerprint density at radius 1 is 0.842 bits per heavy atom. The third kappa shape index (κ3) is 8.94. The van der Waals surface area contributed by atoms with Crippen molar-refractivity contribution in [1.82, 2.24) is 10.3 Å². The van der Waals surface area contributed by atoms with Gasteiger partial charge in [0.1, 0.15) is 18.0 Å². The van der Waals surface area contributed by atoms with Gasteiger partial charge >= 0.3 is 6.09 Å². The molecule has 0 aliphatic heterocycles. The summed E-state index contributed by atoms with van der Waals surface area (Å²) in [5.41, 5.74) is 5.12. The van der Waals surface area contributed by atoms with E-state index in [0.29, 0.717) is 12.4 Å². The third-order valence-electron chi connectivity index (χ3n) is 5.73. The molecule has 6 heteroatoms. The first kappa shape index (κ1) is 28.8. The number of pyridine rings is 1. The molecule has 0 bridgehead atoms. The van der Waals surface area contributed by atoms with Crippen LogP contribution >= 0.6 is 0 Å². The van der Waals surface area contributed by atoms with Crippen LogP contribution in [0.2, 0.25) is 0 Å². The average Bonchev–Trinajstić information content (AvgIpc) is 2.90. The molecule has 0 aliphatic carbocycles. The van der Waals surface area contributed by atoms with Gasteiger partial charge in [-0.05, 0) is 74.1 Å². The molecule has 0 radical (unpaired) electrons. The van der Waals surface area contributed by atoms with E-state index in [1.807, 2.05) is 57.3 Å². The molecule has 0 spiro atoms. The van der Waals surface area contributed by atoms with Crippen molar-refractivity contribution in [1.29, 1.82) is 0 Å². The summed E-state index contributed by atoms with van der Waals surface area (Å²) in [5.74, 6) is 1.37. The Labute approximate surface area is 227 Å². The summed E-state index contributed by atoms with van der Waals surface area (Å²) >= 11 is 0. The number of benzene rings is 2. The Morgan fingerprint density at radius 3 is 2.16 bits per heavy atom. The van der Waals surface area contributed by atoms with Gasteiger partial charge in [0.2, 0.25) is 5.88 Å². The highest BCUT2D eigenvalue weighted by atomic mass is 16.6. The van der Waals surface area contributed by atoms with Crippen LogP contribution in [0.25, 0.3) is 11.1 Å². The molecule has 0 aliphatic rings. The number of rotatable bonds is 12. The molecule has 0 unspecified atom stereocenters. The van der Waals surface area contributed by atoms with E-state index < -0.39 is 11.7 Å². The van der Waals surface area contributed by atoms with Crippen molar-refractivity contribution < 1.29 is 19.0 Å². The van der Waals surface area contributed by atoms with Crippen LogP contribution in [0.5, 0.6) is 11.6 Å². The molecule has 0 saturated carbocycles. The number of nitrogens with one attached hydrogen (secondary N) is 1. The Kier molecular flexibility index (Phi) is 10.8. The fourth-order valence-corrected chi connectivity index (χ4v) is 3.97. The molecule has 2 aromatic carbocycles. The molecule has 1 amide bonds. The minimum absolute atomic E-state index is 0.290. The van der Waals surface area contributed by atoms with Gasteiger partial charge in [0, 0.05) is 17.8 Å². The number of nitrogens with zero attached hydrogens (tertiary/aromatic N) is 1. The number of ether oxygens (including phenoxy) is 3. The fourth-order valence-electron chi connectivity index (χ4n) is 3.97. The molecule has 1 aromatic heterocycles. The van der Waals surface area contributed by atoms with Gasteiger partial charge in [0.15, 0.2) is 0 Å². The van der Waals surface area contributed by atoms with E-state index in [-0.39, 0.29) is 6.61 Å². The van der Waals surface area contributed by atoms with E-state index in [1.165, 1.54) is 11.1 Å². The van der Waals surface area contributed by atoms with Crippen LogP contribution < -0.4 is 14.8 Å². The van der Waals surface area contributed by atoms with Gasteiger partial charge in [0.05, 0.1) is 13.2 Å². The van der Waals surface area contributed by atoms with Crippen LogP contribution in [-0.4, -0.2) is 36.4 Å². The Bertz CT molecular complexity index is 1160. The summed E-state index contributed by atoms with van der Waals surface area (Å²) in [6.07, 6.45) is 4.39. The highest BCUT2D eigenvalue weighted by Gasteiger charge is 2.16. The van der Waals surface area contributed by atoms with E-state index in [4.69, 9.17) is 14.2 Å². The summed E-state index contributed by atoms with van der Waals surface area (Å²) in [5, 5.41) is 2.69. The van der Waals surface area contributed by atoms with Crippen molar-refractivity contribution in [2.75, 3.05) is 19.8 Å². The Hall–Kier alpha value is -3.80. The standard InChI is InChI=1S/C32H40N2O4/c1-6-8-21-36-27-17-14-25(15-18-27)30(28(7-2)24-12-10-9-11-13-24)26-16-19-29(34-23-26)37-22-20-33-31(35)38-32(3,4)5/h9-19,23H,6-8,20-22H2,1-5H3,(H,33,35)/b30-28-. The number of carbonyl (C=O) groups is 1. The number of allylic oxidation sites excluding steroid dienone is 1. The predicted molar refractivity (Wildman–Crippen MR) is 153 cm³/mol. The van der Waals surface area contributed by atoms with Crippen molar-refractivity contribution in [3.8, 4) is 11.6 Å². The lowest BCUT2D eigenvalue weighted by atomic mass is 9.89. The first-order valence-corrected chi connectivity index (χ1v) is 13.4. The van der Waals surface area contributed by atoms with Gasteiger partial charge in [-0.2, -0.15) is 0 Å². The maximum Gasteiger partial charge on any atom is 0.407 e. The number of carbonyl (C=O) groups excluding carboxylic acids is 1. The van der Waals surface area contributed by atoms with Gasteiger partial charge in [0.25, 0.3) is 0 Å². The maximum absolute atomic E-state index is 11.8. The lowest BCUT2D eigenvalue weighted by Gasteiger charge is -2.19. The topological polar surface area (TPSA) is 69.7 Å². The van der Waals surface area contributed by atoms with Crippen molar-refractivity contribution in [3.63, 3.8) is 0 Å². The zero-order chi connectivity index (χ0) is 27.4. The number of hydrogen-bond acceptors (Lipinski definition) is 5. The normalized spacial score (nSPS) is 11.9. The van der Waals surface area contributed by atoms with E-state index >= 15 is 0 Å². The molecule has 0 fully saturated rings. The van der Waals surface area contributed by atoms with E-state index in [1.54, 1.807) is 0 Å². The van der Waals surface area contributed by atoms with Crippen LogP contribution in [0.4, 0.5) is 4.79 Å². The summed E-state index contributed by atoms with van der Waals surface area (Å²) in [7, 11) is 0. The van der Waals surface area contributed by atoms with Crippen LogP contribution in [0.15, 0.2) is 72.9 Å². The van der Waals surface area contributed by atoms with Gasteiger partial charge in [-0.3, -0.25) is 0 Å². The summed E-state index contributed by atoms with van der Waals surface area (Å²) in [6.45, 7) is 11.2. The number of aromatic nitrogens is 1. The smallest absolute Gasteiger partial charge is 0.407 e. The van der Waals surface area contributed by atoms with Gasteiger partial charge in [-0.1, -0.05) is 62.7 Å². The van der Waals surface area contributed by atoms with Gasteiger partial charge in [-0.25, -0.2) is 9.78 Å². The number of amides is 1. The molecular formula is C32H40N2O4. The van der Waals surface area contributed by atoms with Crippen molar-refractivity contribution in [2.24, 2.45) is 0 Å². The highest BCUT2D eigenvalue weighted by molar-refractivity contribution is 5.98. The van der Waals surface area contributed by atoms with Gasteiger partial charge in [-0.15, -0.1) is 0 Å². The number of hydrogen-bond donors (Lipinski definition) is 1. The van der Waals surface area contributed by atoms with Crippen LogP contribution in [0, 0.1) is 0 Å². The van der Waals surface area contributed by atoms with E-state index in [2.05, 4.69) is 60.5 Å². The molecule has 0 saturated heterocycles. The molecule has 3 rings (SSSR count). The first-order valence-electron chi connectivity index (χ1n) is 13.4. The summed E-state index contributed by atoms with van der Waals surface area (Å²) in [6, 6.07) is 22.6. The summed E-state index contributed by atoms with van der Waals surface area (Å²) in [4.78, 5) is 16.4. The zero-order valence-electron chi connectivity index (χ0n) is 23.3. The SMILES string of the molecule is CCCCOc1ccc(/C(=C(\CC)c2ccccc2)c2ccc(OCCNC(=O)OC(C)(C)C)nc2)cc1. The zero-order valence-corrected chi connectivity index (χ0v) is 23.3. The molecule has 202 valence electrons. The maximum atomic E-state index is 11.8. The average molecular weight is 517 g/mol. The van der Waals surface area contributed by atoms with E-state index in [9.17, 15) is 4.79 Å². The molecule has 0 atom stereocenters. The molecule has 38 heavy (non-hydrogen) atoms. The van der Waals surface area contributed by atoms with Crippen molar-refractivity contribution >= 4 is 17.2 Å². The second-order valence-corrected chi connectivity index (χ2v) is 9.96. The van der Waals surface area contributed by atoms with Gasteiger partial charge < -0.3 is 19.5 Å². The molecular weight excluding hydrogens is 476 g/mol. The van der Waals surface area contributed by atoms with Crippen LogP contribution in [0.3, 0.4) is 0 Å². The van der Waals surface area contributed by atoms with Crippen LogP contribution in [-0.2, 0) is 4.74 Å². The predicted octanol–water partition coefficient (Wildman–Crippen LogP) is 7.53. The Morgan fingerprint density at radius 2 is 1.55 bits per heavy atom. The summed E-state index contributed by atoms with van der Waals surface area (Å²) < 4.78 is 16.9. The van der Waals surface area contributed by atoms with Crippen molar-refractivity contribution in [2.45, 2.75) is 59.5 Å². The van der Waals surface area contributed by atoms with E-state index in [0.717, 1.165) is 48.3 Å². The quantitative estimate of drug-likeness (QED) is 0.199. The third-order valence-corrected chi connectivity index (χ3v) is 5.73. The van der Waals surface area contributed by atoms with Crippen molar-refractivity contribution in [3.05, 3.63) is 89.6 Å². The highest BCUT2D eigenvalue weighted by Crippen LogP contribution is 2.35.